The van der Waals surface area contributed by atoms with Gasteiger partial charge >= 0.3 is 17.9 Å². The van der Waals surface area contributed by atoms with Gasteiger partial charge in [-0.15, -0.1) is 0 Å². The SMILES string of the molecule is CCCCCCCCCC(=O)OC[C@@H](COC(=O)CCCCCCCCCC(C)C)OC(=O)CCCCCCCCC(C)CC. The van der Waals surface area contributed by atoms with E-state index in [4.69, 9.17) is 14.2 Å². The van der Waals surface area contributed by atoms with E-state index in [2.05, 4.69) is 34.6 Å². The minimum absolute atomic E-state index is 0.0681. The van der Waals surface area contributed by atoms with Crippen LogP contribution >= 0.6 is 0 Å². The van der Waals surface area contributed by atoms with Gasteiger partial charge in [0.25, 0.3) is 0 Å². The van der Waals surface area contributed by atoms with E-state index in [0.29, 0.717) is 19.3 Å². The maximum atomic E-state index is 12.6. The lowest BCUT2D eigenvalue weighted by Gasteiger charge is -2.18. The number of ether oxygens (including phenoxy) is 3. The van der Waals surface area contributed by atoms with E-state index in [9.17, 15) is 14.4 Å². The zero-order valence-electron chi connectivity index (χ0n) is 30.5. The van der Waals surface area contributed by atoms with Gasteiger partial charge in [0.05, 0.1) is 0 Å². The molecule has 0 rings (SSSR count). The highest BCUT2D eigenvalue weighted by Gasteiger charge is 2.19. The summed E-state index contributed by atoms with van der Waals surface area (Å²) in [5.41, 5.74) is 0. The topological polar surface area (TPSA) is 78.9 Å². The Bertz CT molecular complexity index is 691. The van der Waals surface area contributed by atoms with Gasteiger partial charge in [0, 0.05) is 19.3 Å². The van der Waals surface area contributed by atoms with E-state index in [1.165, 1.54) is 89.9 Å². The van der Waals surface area contributed by atoms with Crippen LogP contribution in [0.4, 0.5) is 0 Å². The Hall–Kier alpha value is -1.59. The Morgan fingerprint density at radius 3 is 1.27 bits per heavy atom. The lowest BCUT2D eigenvalue weighted by molar-refractivity contribution is -0.167. The Kier molecular flexibility index (Phi) is 31.2. The normalized spacial score (nSPS) is 12.7. The number of esters is 3. The first kappa shape index (κ1) is 43.4. The van der Waals surface area contributed by atoms with Gasteiger partial charge in [-0.05, 0) is 31.1 Å². The lowest BCUT2D eigenvalue weighted by Crippen LogP contribution is -2.30. The molecule has 0 aromatic heterocycles. The molecule has 6 heteroatoms. The van der Waals surface area contributed by atoms with Crippen molar-refractivity contribution in [3.63, 3.8) is 0 Å². The first-order valence-corrected chi connectivity index (χ1v) is 19.3. The fraction of sp³-hybridized carbons (Fsp3) is 0.923. The van der Waals surface area contributed by atoms with Gasteiger partial charge in [-0.2, -0.15) is 0 Å². The van der Waals surface area contributed by atoms with Gasteiger partial charge < -0.3 is 14.2 Å². The molecule has 1 unspecified atom stereocenters. The number of hydrogen-bond acceptors (Lipinski definition) is 6. The summed E-state index contributed by atoms with van der Waals surface area (Å²) in [5, 5.41) is 0. The van der Waals surface area contributed by atoms with E-state index in [0.717, 1.165) is 69.6 Å². The highest BCUT2D eigenvalue weighted by Crippen LogP contribution is 2.16. The van der Waals surface area contributed by atoms with E-state index in [1.807, 2.05) is 0 Å². The predicted octanol–water partition coefficient (Wildman–Crippen LogP) is 11.5. The van der Waals surface area contributed by atoms with E-state index in [1.54, 1.807) is 0 Å². The molecule has 0 saturated carbocycles. The lowest BCUT2D eigenvalue weighted by atomic mass is 10.00. The first-order valence-electron chi connectivity index (χ1n) is 19.3. The van der Waals surface area contributed by atoms with E-state index in [-0.39, 0.29) is 31.1 Å². The van der Waals surface area contributed by atoms with Gasteiger partial charge in [-0.3, -0.25) is 14.4 Å². The Labute approximate surface area is 278 Å². The molecule has 0 aromatic carbocycles. The van der Waals surface area contributed by atoms with Crippen LogP contribution in [0.1, 0.15) is 202 Å². The van der Waals surface area contributed by atoms with E-state index >= 15 is 0 Å². The molecule has 0 amide bonds. The fourth-order valence-electron chi connectivity index (χ4n) is 5.48. The molecule has 0 aromatic rings. The number of hydrogen-bond donors (Lipinski definition) is 0. The number of rotatable bonds is 33. The van der Waals surface area contributed by atoms with Gasteiger partial charge in [0.1, 0.15) is 13.2 Å². The minimum atomic E-state index is -0.758. The summed E-state index contributed by atoms with van der Waals surface area (Å²) in [6.07, 6.45) is 26.8. The van der Waals surface area contributed by atoms with Crippen LogP contribution in [0, 0.1) is 11.8 Å². The van der Waals surface area contributed by atoms with Crippen molar-refractivity contribution < 1.29 is 28.6 Å². The third-order valence-electron chi connectivity index (χ3n) is 8.83. The van der Waals surface area contributed by atoms with Crippen LogP contribution in [0.5, 0.6) is 0 Å². The molecule has 0 heterocycles. The second-order valence-electron chi connectivity index (χ2n) is 13.9. The molecule has 0 aliphatic rings. The van der Waals surface area contributed by atoms with Gasteiger partial charge in [-0.25, -0.2) is 0 Å². The van der Waals surface area contributed by atoms with Crippen molar-refractivity contribution >= 4 is 17.9 Å². The maximum absolute atomic E-state index is 12.6. The summed E-state index contributed by atoms with van der Waals surface area (Å²) >= 11 is 0. The van der Waals surface area contributed by atoms with Gasteiger partial charge in [0.15, 0.2) is 6.10 Å². The summed E-state index contributed by atoms with van der Waals surface area (Å²) in [6, 6.07) is 0. The standard InChI is InChI=1S/C39H74O6/c1-6-8-9-10-12-19-24-29-37(40)43-32-36(45-39(42)31-26-21-16-15-18-23-28-35(5)7-2)33-44-38(41)30-25-20-14-11-13-17-22-27-34(3)4/h34-36H,6-33H2,1-5H3/t35?,36-/m0/s1. The third kappa shape index (κ3) is 32.2. The van der Waals surface area contributed by atoms with Gasteiger partial charge in [0.2, 0.25) is 0 Å². The molecule has 0 fully saturated rings. The van der Waals surface area contributed by atoms with Crippen molar-refractivity contribution in [1.29, 1.82) is 0 Å². The zero-order valence-corrected chi connectivity index (χ0v) is 30.5. The fourth-order valence-corrected chi connectivity index (χ4v) is 5.48. The predicted molar refractivity (Wildman–Crippen MR) is 187 cm³/mol. The summed E-state index contributed by atoms with van der Waals surface area (Å²) < 4.78 is 16.5. The molecule has 0 radical (unpaired) electrons. The van der Waals surface area contributed by atoms with Crippen LogP contribution in [0.2, 0.25) is 0 Å². The third-order valence-corrected chi connectivity index (χ3v) is 8.83. The van der Waals surface area contributed by atoms with Crippen LogP contribution in [-0.2, 0) is 28.6 Å². The minimum Gasteiger partial charge on any atom is -0.462 e. The average molecular weight is 639 g/mol. The quantitative estimate of drug-likeness (QED) is 0.0404. The summed E-state index contributed by atoms with van der Waals surface area (Å²) in [7, 11) is 0. The molecule has 0 bridgehead atoms. The monoisotopic (exact) mass is 639 g/mol. The van der Waals surface area contributed by atoms with Crippen molar-refractivity contribution in [1.82, 2.24) is 0 Å². The highest BCUT2D eigenvalue weighted by molar-refractivity contribution is 5.71. The molecule has 2 atom stereocenters. The number of carbonyl (C=O) groups is 3. The summed E-state index contributed by atoms with van der Waals surface area (Å²) in [5.74, 6) is 0.712. The van der Waals surface area contributed by atoms with Crippen molar-refractivity contribution in [3.8, 4) is 0 Å². The molecule has 0 spiro atoms. The van der Waals surface area contributed by atoms with Crippen LogP contribution in [0.25, 0.3) is 0 Å². The van der Waals surface area contributed by atoms with Crippen LogP contribution in [-0.4, -0.2) is 37.2 Å². The van der Waals surface area contributed by atoms with Crippen LogP contribution in [0.3, 0.4) is 0 Å². The van der Waals surface area contributed by atoms with Crippen molar-refractivity contribution in [3.05, 3.63) is 0 Å². The highest BCUT2D eigenvalue weighted by atomic mass is 16.6. The van der Waals surface area contributed by atoms with Crippen molar-refractivity contribution in [2.75, 3.05) is 13.2 Å². The second-order valence-corrected chi connectivity index (χ2v) is 13.9. The molecule has 6 nitrogen and oxygen atoms in total. The number of unbranched alkanes of at least 4 members (excludes halogenated alkanes) is 17. The van der Waals surface area contributed by atoms with E-state index < -0.39 is 6.10 Å². The van der Waals surface area contributed by atoms with Crippen molar-refractivity contribution in [2.45, 2.75) is 208 Å². The smallest absolute Gasteiger partial charge is 0.306 e. The molecule has 45 heavy (non-hydrogen) atoms. The summed E-state index contributed by atoms with van der Waals surface area (Å²) in [4.78, 5) is 37.3. The second kappa shape index (κ2) is 32.4. The molecule has 0 saturated heterocycles. The molecular formula is C39H74O6. The first-order chi connectivity index (χ1) is 21.8. The van der Waals surface area contributed by atoms with Crippen LogP contribution in [0.15, 0.2) is 0 Å². The Balaban J connectivity index is 4.37. The molecule has 0 aliphatic heterocycles. The Morgan fingerprint density at radius 1 is 0.467 bits per heavy atom. The van der Waals surface area contributed by atoms with Crippen LogP contribution < -0.4 is 0 Å². The molecule has 0 N–H and O–H groups in total. The van der Waals surface area contributed by atoms with Gasteiger partial charge in [-0.1, -0.05) is 163 Å². The molecule has 266 valence electrons. The Morgan fingerprint density at radius 2 is 0.844 bits per heavy atom. The largest absolute Gasteiger partial charge is 0.462 e. The molecular weight excluding hydrogens is 564 g/mol. The molecule has 0 aliphatic carbocycles. The maximum Gasteiger partial charge on any atom is 0.306 e. The van der Waals surface area contributed by atoms with Crippen molar-refractivity contribution in [2.24, 2.45) is 11.8 Å². The zero-order chi connectivity index (χ0) is 33.4. The average Bonchev–Trinajstić information content (AvgIpc) is 3.01. The summed E-state index contributed by atoms with van der Waals surface area (Å²) in [6.45, 7) is 11.2. The number of carbonyl (C=O) groups excluding carboxylic acids is 3.